The smallest absolute Gasteiger partial charge is 0.263 e. The van der Waals surface area contributed by atoms with E-state index in [1.807, 2.05) is 0 Å². The van der Waals surface area contributed by atoms with Gasteiger partial charge in [0.2, 0.25) is 0 Å². The monoisotopic (exact) mass is 434 g/mol. The van der Waals surface area contributed by atoms with Crippen molar-refractivity contribution in [2.45, 2.75) is 25.4 Å². The molecule has 3 saturated heterocycles. The minimum Gasteiger partial charge on any atom is -0.487 e. The van der Waals surface area contributed by atoms with Crippen molar-refractivity contribution in [1.29, 1.82) is 0 Å². The Labute approximate surface area is 185 Å². The molecule has 0 spiro atoms. The van der Waals surface area contributed by atoms with Crippen molar-refractivity contribution >= 4 is 29.8 Å². The highest BCUT2D eigenvalue weighted by Gasteiger charge is 2.36. The third kappa shape index (κ3) is 3.89. The Bertz CT molecular complexity index is 1150. The van der Waals surface area contributed by atoms with Gasteiger partial charge in [0.25, 0.3) is 5.91 Å². The van der Waals surface area contributed by atoms with Gasteiger partial charge in [0, 0.05) is 37.7 Å². The summed E-state index contributed by atoms with van der Waals surface area (Å²) in [5.41, 5.74) is 8.11. The Kier molecular flexibility index (Phi) is 5.44. The van der Waals surface area contributed by atoms with Crippen molar-refractivity contribution in [2.24, 2.45) is 10.9 Å². The van der Waals surface area contributed by atoms with Crippen molar-refractivity contribution in [1.82, 2.24) is 24.5 Å². The molecule has 3 aliphatic rings. The normalized spacial score (nSPS) is 22.1. The highest BCUT2D eigenvalue weighted by molar-refractivity contribution is 6.11. The number of nitrogens with zero attached hydrogens (tertiary/aromatic N) is 6. The van der Waals surface area contributed by atoms with Crippen LogP contribution in [0, 0.1) is 5.92 Å². The van der Waals surface area contributed by atoms with Gasteiger partial charge in [-0.3, -0.25) is 14.7 Å². The fraction of sp³-hybridized carbons (Fsp3) is 0.409. The lowest BCUT2D eigenvalue weighted by atomic mass is 9.86. The number of aromatic nitrogens is 4. The fourth-order valence-electron chi connectivity index (χ4n) is 4.52. The van der Waals surface area contributed by atoms with Crippen LogP contribution >= 0.6 is 0 Å². The minimum atomic E-state index is -0.405. The molecule has 1 amide bonds. The van der Waals surface area contributed by atoms with Gasteiger partial charge in [-0.2, -0.15) is 0 Å². The molecule has 3 N–H and O–H groups in total. The average molecular weight is 435 g/mol. The van der Waals surface area contributed by atoms with Crippen LogP contribution in [0.3, 0.4) is 0 Å². The molecule has 0 radical (unpaired) electrons. The van der Waals surface area contributed by atoms with Crippen LogP contribution in [0.1, 0.15) is 28.8 Å². The number of ether oxygens (including phenoxy) is 1. The van der Waals surface area contributed by atoms with E-state index in [9.17, 15) is 4.79 Å². The summed E-state index contributed by atoms with van der Waals surface area (Å²) in [5.74, 6) is 0.853. The number of pyridine rings is 1. The first-order chi connectivity index (χ1) is 15.6. The molecule has 0 saturated carbocycles. The Morgan fingerprint density at radius 1 is 1.34 bits per heavy atom. The SMILES string of the molecule is C=NCCc1cnc2c(C(=O)Nc3cnccc3OC3CN4CCC3CC4)c(N)nn2c1. The largest absolute Gasteiger partial charge is 0.487 e. The molecule has 10 nitrogen and oxygen atoms in total. The predicted octanol–water partition coefficient (Wildman–Crippen LogP) is 1.67. The molecule has 0 aliphatic carbocycles. The highest BCUT2D eigenvalue weighted by atomic mass is 16.5. The number of nitrogens with one attached hydrogen (secondary N) is 1. The first-order valence-electron chi connectivity index (χ1n) is 10.8. The molecule has 2 bridgehead atoms. The Balaban J connectivity index is 1.37. The van der Waals surface area contributed by atoms with E-state index in [0.717, 1.165) is 38.0 Å². The molecule has 166 valence electrons. The molecule has 32 heavy (non-hydrogen) atoms. The standard InChI is InChI=1S/C22H26N8O2/c1-24-6-2-14-10-26-21-19(20(23)28-30(21)12-14)22(31)27-16-11-25-7-3-17(16)32-18-13-29-8-4-15(18)5-9-29/h3,7,10-12,15,18H,1-2,4-6,8-9,13H2,(H2,23,28)(H,27,31). The van der Waals surface area contributed by atoms with Crippen molar-refractivity contribution in [3.8, 4) is 5.75 Å². The topological polar surface area (TPSA) is 123 Å². The molecule has 3 aromatic rings. The number of carbonyl (C=O) groups excluding carboxylic acids is 1. The number of aliphatic imine (C=N–C) groups is 1. The van der Waals surface area contributed by atoms with Gasteiger partial charge in [0.15, 0.2) is 11.5 Å². The Morgan fingerprint density at radius 2 is 2.19 bits per heavy atom. The van der Waals surface area contributed by atoms with Crippen LogP contribution < -0.4 is 15.8 Å². The predicted molar refractivity (Wildman–Crippen MR) is 121 cm³/mol. The number of hydrogen-bond acceptors (Lipinski definition) is 8. The number of nitrogens with two attached hydrogens (primary N) is 1. The summed E-state index contributed by atoms with van der Waals surface area (Å²) in [7, 11) is 0. The Hall–Kier alpha value is -3.53. The van der Waals surface area contributed by atoms with Gasteiger partial charge in [-0.15, -0.1) is 5.10 Å². The van der Waals surface area contributed by atoms with Crippen LogP contribution in [0.25, 0.3) is 5.65 Å². The summed E-state index contributed by atoms with van der Waals surface area (Å²) in [6, 6.07) is 1.78. The maximum absolute atomic E-state index is 13.1. The van der Waals surface area contributed by atoms with Crippen LogP contribution in [-0.2, 0) is 6.42 Å². The third-order valence-electron chi connectivity index (χ3n) is 6.24. The zero-order chi connectivity index (χ0) is 22.1. The number of piperidine rings is 3. The maximum atomic E-state index is 13.1. The number of hydrogen-bond donors (Lipinski definition) is 2. The molecule has 3 fully saturated rings. The van der Waals surface area contributed by atoms with Crippen molar-refractivity contribution < 1.29 is 9.53 Å². The van der Waals surface area contributed by atoms with Gasteiger partial charge in [0.05, 0.1) is 6.20 Å². The van der Waals surface area contributed by atoms with Crippen molar-refractivity contribution in [3.05, 3.63) is 42.0 Å². The first kappa shape index (κ1) is 20.4. The molecule has 3 aromatic heterocycles. The second-order valence-electron chi connectivity index (χ2n) is 8.31. The average Bonchev–Trinajstić information content (AvgIpc) is 3.14. The molecule has 1 atom stereocenters. The van der Waals surface area contributed by atoms with E-state index in [4.69, 9.17) is 10.5 Å². The lowest BCUT2D eigenvalue weighted by Crippen LogP contribution is -2.52. The number of carbonyl (C=O) groups is 1. The fourth-order valence-corrected chi connectivity index (χ4v) is 4.52. The van der Waals surface area contributed by atoms with Gasteiger partial charge in [-0.1, -0.05) is 0 Å². The summed E-state index contributed by atoms with van der Waals surface area (Å²) < 4.78 is 7.86. The van der Waals surface area contributed by atoms with Crippen LogP contribution in [0.15, 0.2) is 35.8 Å². The molecule has 1 unspecified atom stereocenters. The van der Waals surface area contributed by atoms with Crippen LogP contribution in [-0.4, -0.2) is 69.4 Å². The van der Waals surface area contributed by atoms with Crippen LogP contribution in [0.5, 0.6) is 5.75 Å². The van der Waals surface area contributed by atoms with E-state index in [1.54, 1.807) is 30.9 Å². The summed E-state index contributed by atoms with van der Waals surface area (Å²) in [6.45, 7) is 7.26. The van der Waals surface area contributed by atoms with Crippen molar-refractivity contribution in [3.63, 3.8) is 0 Å². The quantitative estimate of drug-likeness (QED) is 0.542. The second kappa shape index (κ2) is 8.54. The molecule has 0 aromatic carbocycles. The van der Waals surface area contributed by atoms with Crippen LogP contribution in [0.4, 0.5) is 11.5 Å². The van der Waals surface area contributed by atoms with E-state index >= 15 is 0 Å². The van der Waals surface area contributed by atoms with Gasteiger partial charge < -0.3 is 20.8 Å². The molecular formula is C22H26N8O2. The molecule has 6 heterocycles. The summed E-state index contributed by atoms with van der Waals surface area (Å²) in [6.07, 6.45) is 9.84. The van der Waals surface area contributed by atoms with Crippen molar-refractivity contribution in [2.75, 3.05) is 37.2 Å². The zero-order valence-electron chi connectivity index (χ0n) is 17.8. The molecular weight excluding hydrogens is 408 g/mol. The van der Waals surface area contributed by atoms with Gasteiger partial charge in [-0.05, 0) is 50.6 Å². The number of nitrogen functional groups attached to an aromatic ring is 1. The number of amides is 1. The second-order valence-corrected chi connectivity index (χ2v) is 8.31. The lowest BCUT2D eigenvalue weighted by Gasteiger charge is -2.44. The maximum Gasteiger partial charge on any atom is 0.263 e. The molecule has 3 aliphatic heterocycles. The zero-order valence-corrected chi connectivity index (χ0v) is 17.8. The third-order valence-corrected chi connectivity index (χ3v) is 6.24. The number of rotatable bonds is 7. The van der Waals surface area contributed by atoms with E-state index < -0.39 is 5.91 Å². The van der Waals surface area contributed by atoms with E-state index in [0.29, 0.717) is 36.0 Å². The van der Waals surface area contributed by atoms with E-state index in [1.165, 1.54) is 4.52 Å². The number of anilines is 2. The molecule has 6 rings (SSSR count). The minimum absolute atomic E-state index is 0.109. The van der Waals surface area contributed by atoms with E-state index in [-0.39, 0.29) is 17.5 Å². The number of fused-ring (bicyclic) bond motifs is 4. The summed E-state index contributed by atoms with van der Waals surface area (Å²) >= 11 is 0. The van der Waals surface area contributed by atoms with Crippen LogP contribution in [0.2, 0.25) is 0 Å². The first-order valence-corrected chi connectivity index (χ1v) is 10.8. The van der Waals surface area contributed by atoms with Gasteiger partial charge in [0.1, 0.15) is 23.1 Å². The lowest BCUT2D eigenvalue weighted by molar-refractivity contribution is -0.00745. The van der Waals surface area contributed by atoms with Gasteiger partial charge >= 0.3 is 0 Å². The summed E-state index contributed by atoms with van der Waals surface area (Å²) in [4.78, 5) is 28.0. The summed E-state index contributed by atoms with van der Waals surface area (Å²) in [5, 5.41) is 7.15. The molecule has 10 heteroatoms. The van der Waals surface area contributed by atoms with Gasteiger partial charge in [-0.25, -0.2) is 9.50 Å². The Morgan fingerprint density at radius 3 is 2.94 bits per heavy atom. The highest BCUT2D eigenvalue weighted by Crippen LogP contribution is 2.33. The van der Waals surface area contributed by atoms with E-state index in [2.05, 4.69) is 37.0 Å².